The zero-order valence-electron chi connectivity index (χ0n) is 7.76. The van der Waals surface area contributed by atoms with E-state index in [-0.39, 0.29) is 0 Å². The average Bonchev–Trinajstić information content (AvgIpc) is 2.19. The van der Waals surface area contributed by atoms with Crippen LogP contribution in [-0.2, 0) is 4.79 Å². The second-order valence-corrected chi connectivity index (χ2v) is 5.39. The van der Waals surface area contributed by atoms with E-state index in [0.29, 0.717) is 14.5 Å². The fourth-order valence-corrected chi connectivity index (χ4v) is 2.61. The highest BCUT2D eigenvalue weighted by molar-refractivity contribution is 9.13. The summed E-state index contributed by atoms with van der Waals surface area (Å²) in [7, 11) is 0. The molecule has 1 amide bonds. The summed E-state index contributed by atoms with van der Waals surface area (Å²) in [6.45, 7) is -0.407. The number of carboxylic acid groups (broad SMARTS) is 1. The normalized spacial score (nSPS) is 9.94. The van der Waals surface area contributed by atoms with E-state index >= 15 is 0 Å². The van der Waals surface area contributed by atoms with Gasteiger partial charge in [-0.2, -0.15) is 0 Å². The van der Waals surface area contributed by atoms with E-state index in [4.69, 9.17) is 5.11 Å². The van der Waals surface area contributed by atoms with Crippen LogP contribution in [0.5, 0.6) is 0 Å². The van der Waals surface area contributed by atoms with Crippen LogP contribution in [-0.4, -0.2) is 23.5 Å². The van der Waals surface area contributed by atoms with E-state index in [1.165, 1.54) is 0 Å². The maximum absolute atomic E-state index is 11.6. The van der Waals surface area contributed by atoms with Crippen LogP contribution in [0.2, 0.25) is 0 Å². The zero-order valence-corrected chi connectivity index (χ0v) is 12.5. The predicted molar refractivity (Wildman–Crippen MR) is 69.5 cm³/mol. The molecule has 0 saturated carbocycles. The lowest BCUT2D eigenvalue weighted by atomic mass is 10.2. The molecule has 0 unspecified atom stereocenters. The average molecular weight is 416 g/mol. The van der Waals surface area contributed by atoms with Gasteiger partial charge < -0.3 is 10.4 Å². The van der Waals surface area contributed by atoms with Gasteiger partial charge in [-0.25, -0.2) is 0 Å². The van der Waals surface area contributed by atoms with Gasteiger partial charge in [0.1, 0.15) is 6.54 Å². The first kappa shape index (κ1) is 13.7. The van der Waals surface area contributed by atoms with E-state index in [1.54, 1.807) is 12.1 Å². The maximum atomic E-state index is 11.6. The molecule has 0 bridgehead atoms. The molecule has 86 valence electrons. The van der Waals surface area contributed by atoms with Crippen molar-refractivity contribution in [3.05, 3.63) is 31.1 Å². The fourth-order valence-electron chi connectivity index (χ4n) is 0.972. The van der Waals surface area contributed by atoms with Crippen molar-refractivity contribution in [1.82, 2.24) is 5.32 Å². The quantitative estimate of drug-likeness (QED) is 0.746. The van der Waals surface area contributed by atoms with Crippen LogP contribution in [0.1, 0.15) is 10.4 Å². The number of nitrogens with one attached hydrogen (secondary N) is 1. The lowest BCUT2D eigenvalue weighted by Gasteiger charge is -2.07. The Morgan fingerprint density at radius 3 is 2.44 bits per heavy atom. The molecule has 0 aliphatic carbocycles. The molecule has 0 aromatic heterocycles. The molecule has 7 heteroatoms. The molecule has 1 aromatic rings. The smallest absolute Gasteiger partial charge is 0.322 e. The van der Waals surface area contributed by atoms with Crippen molar-refractivity contribution in [2.45, 2.75) is 0 Å². The Bertz CT molecular complexity index is 448. The van der Waals surface area contributed by atoms with Gasteiger partial charge >= 0.3 is 5.97 Å². The van der Waals surface area contributed by atoms with Crippen LogP contribution in [0, 0.1) is 0 Å². The third-order valence-electron chi connectivity index (χ3n) is 1.64. The Hall–Kier alpha value is -0.400. The summed E-state index contributed by atoms with van der Waals surface area (Å²) in [4.78, 5) is 21.9. The standard InChI is InChI=1S/C9H6Br3NO3/c10-4-1-5(8(12)6(11)2-4)9(16)13-3-7(14)15/h1-2H,3H2,(H,13,16)(H,14,15). The summed E-state index contributed by atoms with van der Waals surface area (Å²) in [6.07, 6.45) is 0. The largest absolute Gasteiger partial charge is 0.480 e. The molecule has 0 spiro atoms. The zero-order chi connectivity index (χ0) is 12.3. The van der Waals surface area contributed by atoms with Crippen molar-refractivity contribution in [2.24, 2.45) is 0 Å². The van der Waals surface area contributed by atoms with Crippen LogP contribution >= 0.6 is 47.8 Å². The van der Waals surface area contributed by atoms with Gasteiger partial charge in [-0.05, 0) is 44.0 Å². The third-order valence-corrected chi connectivity index (χ3v) is 4.11. The van der Waals surface area contributed by atoms with Gasteiger partial charge in [-0.1, -0.05) is 15.9 Å². The van der Waals surface area contributed by atoms with E-state index in [2.05, 4.69) is 53.1 Å². The summed E-state index contributed by atoms with van der Waals surface area (Å²) < 4.78 is 2.02. The van der Waals surface area contributed by atoms with Crippen molar-refractivity contribution in [3.63, 3.8) is 0 Å². The fraction of sp³-hybridized carbons (Fsp3) is 0.111. The third kappa shape index (κ3) is 3.57. The molecule has 1 aromatic carbocycles. The van der Waals surface area contributed by atoms with Crippen LogP contribution in [0.25, 0.3) is 0 Å². The number of benzene rings is 1. The van der Waals surface area contributed by atoms with Crippen molar-refractivity contribution in [3.8, 4) is 0 Å². The monoisotopic (exact) mass is 413 g/mol. The molecular weight excluding hydrogens is 410 g/mol. The number of hydrogen-bond acceptors (Lipinski definition) is 2. The van der Waals surface area contributed by atoms with Gasteiger partial charge in [0, 0.05) is 13.4 Å². The number of carbonyl (C=O) groups is 2. The molecular formula is C9H6Br3NO3. The highest BCUT2D eigenvalue weighted by Crippen LogP contribution is 2.30. The molecule has 2 N–H and O–H groups in total. The first-order chi connectivity index (χ1) is 7.41. The van der Waals surface area contributed by atoms with Gasteiger partial charge in [0.15, 0.2) is 0 Å². The molecule has 0 radical (unpaired) electrons. The number of hydrogen-bond donors (Lipinski definition) is 2. The number of rotatable bonds is 3. The minimum absolute atomic E-state index is 0.363. The summed E-state index contributed by atoms with van der Waals surface area (Å²) in [5.41, 5.74) is 0.363. The molecule has 0 atom stereocenters. The van der Waals surface area contributed by atoms with Crippen molar-refractivity contribution < 1.29 is 14.7 Å². The van der Waals surface area contributed by atoms with Gasteiger partial charge in [0.2, 0.25) is 0 Å². The van der Waals surface area contributed by atoms with Crippen molar-refractivity contribution >= 4 is 59.7 Å². The maximum Gasteiger partial charge on any atom is 0.322 e. The van der Waals surface area contributed by atoms with E-state index < -0.39 is 18.4 Å². The van der Waals surface area contributed by atoms with Crippen LogP contribution in [0.4, 0.5) is 0 Å². The summed E-state index contributed by atoms with van der Waals surface area (Å²) >= 11 is 9.77. The highest BCUT2D eigenvalue weighted by Gasteiger charge is 2.14. The SMILES string of the molecule is O=C(O)CNC(=O)c1cc(Br)cc(Br)c1Br. The first-order valence-electron chi connectivity index (χ1n) is 4.06. The minimum atomic E-state index is -1.08. The van der Waals surface area contributed by atoms with Crippen LogP contribution < -0.4 is 5.32 Å². The van der Waals surface area contributed by atoms with Gasteiger partial charge in [-0.15, -0.1) is 0 Å². The Kier molecular flexibility index (Phi) is 4.94. The predicted octanol–water partition coefficient (Wildman–Crippen LogP) is 2.79. The van der Waals surface area contributed by atoms with E-state index in [9.17, 15) is 9.59 Å². The Morgan fingerprint density at radius 2 is 1.88 bits per heavy atom. The number of carbonyl (C=O) groups excluding carboxylic acids is 1. The molecule has 0 aliphatic rings. The van der Waals surface area contributed by atoms with E-state index in [0.717, 1.165) is 4.47 Å². The second kappa shape index (κ2) is 5.79. The first-order valence-corrected chi connectivity index (χ1v) is 6.44. The molecule has 0 heterocycles. The lowest BCUT2D eigenvalue weighted by Crippen LogP contribution is -2.29. The number of halogens is 3. The van der Waals surface area contributed by atoms with Crippen LogP contribution in [0.15, 0.2) is 25.6 Å². The summed E-state index contributed by atoms with van der Waals surface area (Å²) in [6, 6.07) is 3.38. The number of carboxylic acids is 1. The molecule has 1 rings (SSSR count). The minimum Gasteiger partial charge on any atom is -0.480 e. The Morgan fingerprint density at radius 1 is 1.25 bits per heavy atom. The Labute approximate surface area is 117 Å². The van der Waals surface area contributed by atoms with Crippen LogP contribution in [0.3, 0.4) is 0 Å². The molecule has 0 aliphatic heterocycles. The molecule has 4 nitrogen and oxygen atoms in total. The van der Waals surface area contributed by atoms with Gasteiger partial charge in [-0.3, -0.25) is 9.59 Å². The van der Waals surface area contributed by atoms with Crippen molar-refractivity contribution in [1.29, 1.82) is 0 Å². The molecule has 0 saturated heterocycles. The van der Waals surface area contributed by atoms with Crippen molar-refractivity contribution in [2.75, 3.05) is 6.54 Å². The number of aliphatic carboxylic acids is 1. The second-order valence-electron chi connectivity index (χ2n) is 2.83. The van der Waals surface area contributed by atoms with E-state index in [1.807, 2.05) is 0 Å². The molecule has 0 fully saturated rings. The Balaban J connectivity index is 2.95. The number of amides is 1. The topological polar surface area (TPSA) is 66.4 Å². The van der Waals surface area contributed by atoms with Gasteiger partial charge in [0.25, 0.3) is 5.91 Å². The summed E-state index contributed by atoms with van der Waals surface area (Å²) in [5, 5.41) is 10.7. The molecule has 16 heavy (non-hydrogen) atoms. The summed E-state index contributed by atoms with van der Waals surface area (Å²) in [5.74, 6) is -1.53. The lowest BCUT2D eigenvalue weighted by molar-refractivity contribution is -0.135. The van der Waals surface area contributed by atoms with Gasteiger partial charge in [0.05, 0.1) is 5.56 Å². The highest BCUT2D eigenvalue weighted by atomic mass is 79.9.